The van der Waals surface area contributed by atoms with Gasteiger partial charge in [0.25, 0.3) is 0 Å². The highest BCUT2D eigenvalue weighted by Crippen LogP contribution is 2.29. The Morgan fingerprint density at radius 2 is 1.58 bits per heavy atom. The summed E-state index contributed by atoms with van der Waals surface area (Å²) in [5.41, 5.74) is 3.21. The molecule has 1 unspecified atom stereocenters. The van der Waals surface area contributed by atoms with Gasteiger partial charge in [0, 0.05) is 0 Å². The Kier molecular flexibility index (Phi) is 7.79. The molecule has 1 amide bonds. The molecule has 0 saturated carbocycles. The van der Waals surface area contributed by atoms with E-state index in [1.807, 2.05) is 61.5 Å². The van der Waals surface area contributed by atoms with E-state index in [0.717, 1.165) is 16.7 Å². The molecule has 2 aromatic carbocycles. The van der Waals surface area contributed by atoms with Gasteiger partial charge in [-0.25, -0.2) is 4.79 Å². The molecule has 172 valence electrons. The maximum absolute atomic E-state index is 12.8. The Labute approximate surface area is 193 Å². The van der Waals surface area contributed by atoms with Gasteiger partial charge in [-0.05, 0) is 38.8 Å². The van der Waals surface area contributed by atoms with Crippen molar-refractivity contribution in [3.63, 3.8) is 0 Å². The Morgan fingerprint density at radius 3 is 2.18 bits per heavy atom. The molecule has 7 nitrogen and oxygen atoms in total. The zero-order chi connectivity index (χ0) is 24.0. The molecule has 33 heavy (non-hydrogen) atoms. The monoisotopic (exact) mass is 448 g/mol. The van der Waals surface area contributed by atoms with Crippen LogP contribution in [0.15, 0.2) is 59.0 Å². The summed E-state index contributed by atoms with van der Waals surface area (Å²) >= 11 is 0. The molecule has 0 bridgehead atoms. The van der Waals surface area contributed by atoms with Gasteiger partial charge >= 0.3 is 5.97 Å². The van der Waals surface area contributed by atoms with Crippen LogP contribution in [-0.2, 0) is 9.53 Å². The van der Waals surface area contributed by atoms with E-state index in [9.17, 15) is 14.4 Å². The number of furan rings is 1. The molecule has 0 radical (unpaired) electrons. The normalized spacial score (nSPS) is 11.6. The van der Waals surface area contributed by atoms with E-state index in [-0.39, 0.29) is 47.7 Å². The number of hydrogen-bond acceptors (Lipinski definition) is 6. The summed E-state index contributed by atoms with van der Waals surface area (Å²) < 4.78 is 10.6. The largest absolute Gasteiger partial charge is 0.462 e. The van der Waals surface area contributed by atoms with Crippen molar-refractivity contribution in [3.05, 3.63) is 88.2 Å². The molecule has 0 spiro atoms. The van der Waals surface area contributed by atoms with Crippen molar-refractivity contribution < 1.29 is 23.5 Å². The highest BCUT2D eigenvalue weighted by atomic mass is 16.5. The minimum absolute atomic E-state index is 0.0507. The van der Waals surface area contributed by atoms with Crippen LogP contribution in [0.3, 0.4) is 0 Å². The lowest BCUT2D eigenvalue weighted by Gasteiger charge is -2.20. The molecule has 1 aromatic heterocycles. The molecule has 7 heteroatoms. The molecule has 0 fully saturated rings. The first-order chi connectivity index (χ1) is 15.8. The van der Waals surface area contributed by atoms with Crippen molar-refractivity contribution in [1.82, 2.24) is 5.32 Å². The number of Topliss-reactive ketones (excluding diaryl/α,β-unsaturated/α-hetero) is 1. The number of ketones is 1. The maximum Gasteiger partial charge on any atom is 0.344 e. The van der Waals surface area contributed by atoms with Crippen molar-refractivity contribution in [2.75, 3.05) is 18.5 Å². The zero-order valence-corrected chi connectivity index (χ0v) is 19.2. The second-order valence-corrected chi connectivity index (χ2v) is 7.70. The predicted octanol–water partition coefficient (Wildman–Crippen LogP) is 4.59. The fourth-order valence-corrected chi connectivity index (χ4v) is 3.65. The van der Waals surface area contributed by atoms with E-state index in [1.54, 1.807) is 13.8 Å². The number of esters is 1. The van der Waals surface area contributed by atoms with Crippen molar-refractivity contribution in [2.24, 2.45) is 0 Å². The van der Waals surface area contributed by atoms with Crippen LogP contribution in [0.25, 0.3) is 0 Å². The number of carbonyl (C=O) groups excluding carboxylic acids is 3. The summed E-state index contributed by atoms with van der Waals surface area (Å²) in [6, 6.07) is 17.7. The highest BCUT2D eigenvalue weighted by molar-refractivity contribution is 6.10. The van der Waals surface area contributed by atoms with E-state index in [2.05, 4.69) is 10.6 Å². The van der Waals surface area contributed by atoms with Gasteiger partial charge in [-0.2, -0.15) is 0 Å². The van der Waals surface area contributed by atoms with Crippen LogP contribution in [0.2, 0.25) is 0 Å². The first-order valence-electron chi connectivity index (χ1n) is 10.8. The van der Waals surface area contributed by atoms with E-state index >= 15 is 0 Å². The van der Waals surface area contributed by atoms with Crippen LogP contribution in [0.5, 0.6) is 0 Å². The lowest BCUT2D eigenvalue weighted by molar-refractivity contribution is -0.115. The van der Waals surface area contributed by atoms with Crippen molar-refractivity contribution in [2.45, 2.75) is 33.7 Å². The smallest absolute Gasteiger partial charge is 0.344 e. The third-order valence-electron chi connectivity index (χ3n) is 5.18. The molecule has 3 rings (SSSR count). The van der Waals surface area contributed by atoms with Crippen molar-refractivity contribution in [1.29, 1.82) is 0 Å². The number of rotatable bonds is 9. The molecule has 1 heterocycles. The first kappa shape index (κ1) is 23.9. The summed E-state index contributed by atoms with van der Waals surface area (Å²) in [5, 5.41) is 5.89. The number of benzene rings is 2. The number of aryl methyl sites for hydroxylation is 2. The Balaban J connectivity index is 1.81. The molecule has 0 aliphatic carbocycles. The van der Waals surface area contributed by atoms with Crippen molar-refractivity contribution in [3.8, 4) is 0 Å². The standard InChI is InChI=1S/C26H28N2O5/c1-5-32-26(31)23-22(17(3)29)18(4)33-25(23)28-21(30)15-27-24(19-9-7-6-8-10-19)20-13-11-16(2)12-14-20/h6-14,24,27H,5,15H2,1-4H3,(H,28,30). The van der Waals surface area contributed by atoms with Gasteiger partial charge in [0.15, 0.2) is 5.78 Å². The predicted molar refractivity (Wildman–Crippen MR) is 126 cm³/mol. The average Bonchev–Trinajstić information content (AvgIpc) is 3.11. The minimum Gasteiger partial charge on any atom is -0.462 e. The van der Waals surface area contributed by atoms with Crippen LogP contribution < -0.4 is 10.6 Å². The molecular weight excluding hydrogens is 420 g/mol. The maximum atomic E-state index is 12.8. The molecule has 1 atom stereocenters. The van der Waals surface area contributed by atoms with Crippen LogP contribution in [0.1, 0.15) is 63.1 Å². The molecule has 0 aliphatic heterocycles. The van der Waals surface area contributed by atoms with Crippen LogP contribution >= 0.6 is 0 Å². The summed E-state index contributed by atoms with van der Waals surface area (Å²) in [4.78, 5) is 37.3. The van der Waals surface area contributed by atoms with Gasteiger partial charge in [0.2, 0.25) is 11.8 Å². The van der Waals surface area contributed by atoms with Crippen molar-refractivity contribution >= 4 is 23.5 Å². The highest BCUT2D eigenvalue weighted by Gasteiger charge is 2.29. The molecule has 2 N–H and O–H groups in total. The van der Waals surface area contributed by atoms with Gasteiger partial charge < -0.3 is 9.15 Å². The number of nitrogens with one attached hydrogen (secondary N) is 2. The number of hydrogen-bond donors (Lipinski definition) is 2. The molecule has 3 aromatic rings. The van der Waals surface area contributed by atoms with Crippen LogP contribution in [0.4, 0.5) is 5.88 Å². The zero-order valence-electron chi connectivity index (χ0n) is 19.2. The van der Waals surface area contributed by atoms with Gasteiger partial charge in [-0.15, -0.1) is 0 Å². The summed E-state index contributed by atoms with van der Waals surface area (Å²) in [6.07, 6.45) is 0. The lowest BCUT2D eigenvalue weighted by Crippen LogP contribution is -2.32. The Bertz CT molecular complexity index is 1130. The quantitative estimate of drug-likeness (QED) is 0.367. The van der Waals surface area contributed by atoms with E-state index in [4.69, 9.17) is 9.15 Å². The van der Waals surface area contributed by atoms with Gasteiger partial charge in [0.1, 0.15) is 11.3 Å². The summed E-state index contributed by atoms with van der Waals surface area (Å²) in [5.74, 6) is -1.33. The van der Waals surface area contributed by atoms with E-state index < -0.39 is 11.9 Å². The Morgan fingerprint density at radius 1 is 0.939 bits per heavy atom. The second-order valence-electron chi connectivity index (χ2n) is 7.70. The third kappa shape index (κ3) is 5.75. The Hall–Kier alpha value is -3.71. The number of amides is 1. The topological polar surface area (TPSA) is 97.6 Å². The van der Waals surface area contributed by atoms with Gasteiger partial charge in [0.05, 0.1) is 24.8 Å². The van der Waals surface area contributed by atoms with Gasteiger partial charge in [-0.3, -0.25) is 20.2 Å². The minimum atomic E-state index is -0.718. The fourth-order valence-electron chi connectivity index (χ4n) is 3.65. The number of carbonyl (C=O) groups is 3. The third-order valence-corrected chi connectivity index (χ3v) is 5.18. The number of anilines is 1. The molecular formula is C26H28N2O5. The van der Waals surface area contributed by atoms with E-state index in [1.165, 1.54) is 6.92 Å². The van der Waals surface area contributed by atoms with E-state index in [0.29, 0.717) is 0 Å². The second kappa shape index (κ2) is 10.7. The van der Waals surface area contributed by atoms with Gasteiger partial charge in [-0.1, -0.05) is 60.2 Å². The summed E-state index contributed by atoms with van der Waals surface area (Å²) in [6.45, 7) is 6.66. The SMILES string of the molecule is CCOC(=O)c1c(NC(=O)CNC(c2ccccc2)c2ccc(C)cc2)oc(C)c1C(C)=O. The number of ether oxygens (including phenoxy) is 1. The lowest BCUT2D eigenvalue weighted by atomic mass is 9.98. The average molecular weight is 449 g/mol. The first-order valence-corrected chi connectivity index (χ1v) is 10.8. The van der Waals surface area contributed by atoms with Crippen LogP contribution in [-0.4, -0.2) is 30.8 Å². The molecule has 0 saturated heterocycles. The fraction of sp³-hybridized carbons (Fsp3) is 0.269. The summed E-state index contributed by atoms with van der Waals surface area (Å²) in [7, 11) is 0. The van der Waals surface area contributed by atoms with Crippen LogP contribution in [0, 0.1) is 13.8 Å². The molecule has 0 aliphatic rings.